The lowest BCUT2D eigenvalue weighted by Crippen LogP contribution is -2.25. The number of rotatable bonds is 15. The van der Waals surface area contributed by atoms with E-state index in [2.05, 4.69) is 4.72 Å². The number of fused-ring (bicyclic) bond motifs is 1. The predicted octanol–water partition coefficient (Wildman–Crippen LogP) is 3.26. The van der Waals surface area contributed by atoms with Gasteiger partial charge in [-0.15, -0.1) is 11.3 Å². The lowest BCUT2D eigenvalue weighted by atomic mass is 10.2. The van der Waals surface area contributed by atoms with Crippen LogP contribution in [0.25, 0.3) is 10.1 Å². The largest absolute Gasteiger partial charge is 0.490 e. The summed E-state index contributed by atoms with van der Waals surface area (Å²) in [5, 5.41) is 9.35. The van der Waals surface area contributed by atoms with E-state index in [9.17, 15) is 22.3 Å². The molecule has 0 fully saturated rings. The Kier molecular flexibility index (Phi) is 10.5. The van der Waals surface area contributed by atoms with Gasteiger partial charge in [0.15, 0.2) is 11.5 Å². The zero-order valence-corrected chi connectivity index (χ0v) is 22.8. The fraction of sp³-hybridized carbons (Fsp3) is 0.348. The molecule has 0 saturated heterocycles. The molecule has 11 nitrogen and oxygen atoms in total. The van der Waals surface area contributed by atoms with Crippen LogP contribution in [-0.4, -0.2) is 45.9 Å². The molecule has 0 saturated carbocycles. The van der Waals surface area contributed by atoms with Crippen LogP contribution < -0.4 is 30.2 Å². The lowest BCUT2D eigenvalue weighted by Gasteiger charge is -2.14. The van der Waals surface area contributed by atoms with Crippen molar-refractivity contribution in [1.29, 1.82) is 5.26 Å². The minimum absolute atomic E-state index is 0.106. The van der Waals surface area contributed by atoms with Crippen LogP contribution in [0.2, 0.25) is 0 Å². The molecule has 0 aliphatic heterocycles. The second-order valence-corrected chi connectivity index (χ2v) is 12.9. The number of ether oxygens (including phenoxy) is 2. The van der Waals surface area contributed by atoms with Gasteiger partial charge in [0.2, 0.25) is 0 Å². The van der Waals surface area contributed by atoms with Crippen LogP contribution in [0.3, 0.4) is 0 Å². The number of benzene rings is 2. The van der Waals surface area contributed by atoms with Crippen LogP contribution in [0.15, 0.2) is 40.6 Å². The number of unbranched alkanes of at least 4 members (excludes halogenated alkanes) is 1. The van der Waals surface area contributed by atoms with Gasteiger partial charge in [-0.2, -0.15) is 9.98 Å². The van der Waals surface area contributed by atoms with E-state index in [0.29, 0.717) is 54.3 Å². The van der Waals surface area contributed by atoms with E-state index in [0.717, 1.165) is 42.4 Å². The van der Waals surface area contributed by atoms with Gasteiger partial charge in [-0.05, 0) is 62.0 Å². The van der Waals surface area contributed by atoms with Gasteiger partial charge in [-0.25, -0.2) is 17.4 Å². The van der Waals surface area contributed by atoms with Crippen LogP contribution >= 0.6 is 18.9 Å². The van der Waals surface area contributed by atoms with Crippen LogP contribution in [0.4, 0.5) is 4.39 Å². The number of halogens is 1. The summed E-state index contributed by atoms with van der Waals surface area (Å²) in [6.07, 6.45) is 1.19. The molecule has 1 atom stereocenters. The maximum atomic E-state index is 13.8. The van der Waals surface area contributed by atoms with E-state index in [-0.39, 0.29) is 15.5 Å². The van der Waals surface area contributed by atoms with Gasteiger partial charge in [0.25, 0.3) is 10.0 Å². The summed E-state index contributed by atoms with van der Waals surface area (Å²) in [5.41, 5.74) is 10.8. The van der Waals surface area contributed by atoms with E-state index in [1.54, 1.807) is 18.2 Å². The molecule has 3 aromatic rings. The van der Waals surface area contributed by atoms with Crippen LogP contribution in [0, 0.1) is 17.1 Å². The van der Waals surface area contributed by atoms with Crippen molar-refractivity contribution in [2.75, 3.05) is 32.6 Å². The topological polar surface area (TPSA) is 187 Å². The highest BCUT2D eigenvalue weighted by Gasteiger charge is 2.27. The van der Waals surface area contributed by atoms with E-state index in [4.69, 9.17) is 30.7 Å². The first-order valence-electron chi connectivity index (χ1n) is 11.5. The van der Waals surface area contributed by atoms with Crippen LogP contribution in [-0.2, 0) is 14.6 Å². The van der Waals surface area contributed by atoms with Crippen molar-refractivity contribution >= 4 is 39.0 Å². The Morgan fingerprint density at radius 2 is 1.74 bits per heavy atom. The normalized spacial score (nSPS) is 13.1. The summed E-state index contributed by atoms with van der Waals surface area (Å²) < 4.78 is 71.1. The number of nitrogens with zero attached hydrogens (tertiary/aromatic N) is 1. The Hall–Kier alpha value is -2.76. The van der Waals surface area contributed by atoms with Gasteiger partial charge in [0.1, 0.15) is 28.1 Å². The molecule has 0 bridgehead atoms. The van der Waals surface area contributed by atoms with E-state index < -0.39 is 29.7 Å². The highest BCUT2D eigenvalue weighted by Crippen LogP contribution is 2.43. The summed E-state index contributed by atoms with van der Waals surface area (Å²) in [4.78, 5) is 10.1. The van der Waals surface area contributed by atoms with Gasteiger partial charge < -0.3 is 30.4 Å². The minimum Gasteiger partial charge on any atom is -0.490 e. The predicted molar refractivity (Wildman–Crippen MR) is 142 cm³/mol. The number of sulfonamides is 1. The number of nitrogens with one attached hydrogen (secondary N) is 1. The van der Waals surface area contributed by atoms with Crippen molar-refractivity contribution < 1.29 is 36.3 Å². The third-order valence-corrected chi connectivity index (χ3v) is 9.29. The maximum Gasteiger partial charge on any atom is 0.391 e. The molecule has 6 N–H and O–H groups in total. The zero-order chi connectivity index (χ0) is 27.8. The first kappa shape index (κ1) is 29.8. The van der Waals surface area contributed by atoms with Crippen LogP contribution in [0.5, 0.6) is 17.2 Å². The van der Waals surface area contributed by atoms with Gasteiger partial charge in [-0.1, -0.05) is 0 Å². The number of hydrogen-bond donors (Lipinski definition) is 4. The average Bonchev–Trinajstić information content (AvgIpc) is 3.29. The molecule has 1 unspecified atom stereocenters. The van der Waals surface area contributed by atoms with Crippen molar-refractivity contribution in [2.45, 2.75) is 23.5 Å². The second-order valence-electron chi connectivity index (χ2n) is 8.03. The first-order chi connectivity index (χ1) is 18.1. The number of hydrogen-bond acceptors (Lipinski definition) is 10. The molecule has 0 amide bonds. The molecule has 0 spiro atoms. The molecular formula is C23H28FN4O7PS2. The summed E-state index contributed by atoms with van der Waals surface area (Å²) in [7, 11) is -8.76. The highest BCUT2D eigenvalue weighted by molar-refractivity contribution is 7.92. The third kappa shape index (κ3) is 8.12. The fourth-order valence-corrected chi connectivity index (χ4v) is 7.11. The first-order valence-corrected chi connectivity index (χ1v) is 15.6. The van der Waals surface area contributed by atoms with E-state index in [1.165, 1.54) is 6.07 Å². The molecule has 0 aliphatic carbocycles. The quantitative estimate of drug-likeness (QED) is 0.152. The van der Waals surface area contributed by atoms with Gasteiger partial charge in [0.05, 0.1) is 18.8 Å². The Bertz CT molecular complexity index is 1460. The molecule has 15 heteroatoms. The average molecular weight is 587 g/mol. The van der Waals surface area contributed by atoms with Gasteiger partial charge in [-0.3, -0.25) is 0 Å². The Morgan fingerprint density at radius 3 is 2.39 bits per heavy atom. The van der Waals surface area contributed by atoms with Crippen molar-refractivity contribution in [3.05, 3.63) is 47.8 Å². The number of nitriles is 1. The smallest absolute Gasteiger partial charge is 0.391 e. The van der Waals surface area contributed by atoms with Crippen molar-refractivity contribution in [2.24, 2.45) is 11.5 Å². The molecular weight excluding hydrogens is 558 g/mol. The van der Waals surface area contributed by atoms with Crippen LogP contribution in [0.1, 0.15) is 24.8 Å². The van der Waals surface area contributed by atoms with Crippen molar-refractivity contribution in [1.82, 2.24) is 4.72 Å². The molecule has 0 aliphatic rings. The molecule has 3 rings (SSSR count). The van der Waals surface area contributed by atoms with E-state index in [1.807, 2.05) is 0 Å². The summed E-state index contributed by atoms with van der Waals surface area (Å²) in [6, 6.07) is 9.35. The highest BCUT2D eigenvalue weighted by atomic mass is 32.2. The molecule has 38 heavy (non-hydrogen) atoms. The number of thiophene rings is 1. The Morgan fingerprint density at radius 1 is 1.05 bits per heavy atom. The molecule has 0 radical (unpaired) electrons. The Labute approximate surface area is 223 Å². The molecule has 206 valence electrons. The fourth-order valence-electron chi connectivity index (χ4n) is 3.15. The maximum absolute atomic E-state index is 13.8. The SMILES string of the molecule is N#Cc1ccc(OP(=O)(O)CNS(=O)(=O)c2cc3cc(OCCCN)c(OCCCCN)cc3s2)cc1F. The third-order valence-electron chi connectivity index (χ3n) is 5.05. The summed E-state index contributed by atoms with van der Waals surface area (Å²) >= 11 is 0.941. The summed E-state index contributed by atoms with van der Waals surface area (Å²) in [5.74, 6) is -0.371. The van der Waals surface area contributed by atoms with Crippen molar-refractivity contribution in [3.63, 3.8) is 0 Å². The molecule has 1 aromatic heterocycles. The van der Waals surface area contributed by atoms with Gasteiger partial charge in [0, 0.05) is 16.8 Å². The van der Waals surface area contributed by atoms with Gasteiger partial charge >= 0.3 is 7.60 Å². The minimum atomic E-state index is -4.55. The van der Waals surface area contributed by atoms with Crippen molar-refractivity contribution in [3.8, 4) is 23.3 Å². The number of nitrogens with two attached hydrogens (primary N) is 2. The summed E-state index contributed by atoms with van der Waals surface area (Å²) in [6.45, 7) is 1.74. The lowest BCUT2D eigenvalue weighted by molar-refractivity contribution is 0.263. The monoisotopic (exact) mass is 586 g/mol. The standard InChI is InChI=1S/C23H28FN4O7PS2/c24-19-12-18(5-4-16(19)14-27)35-36(29,30)15-28-38(31,32)23-11-17-10-20(34-9-3-7-26)21(13-22(17)37-23)33-8-2-1-6-25/h4-5,10-13,28H,1-3,6-9,15,25-26H2,(H,29,30). The second kappa shape index (κ2) is 13.3. The molecule has 1 heterocycles. The Balaban J connectivity index is 1.76. The molecule has 2 aromatic carbocycles. The van der Waals surface area contributed by atoms with E-state index >= 15 is 0 Å². The zero-order valence-electron chi connectivity index (χ0n) is 20.3.